The van der Waals surface area contributed by atoms with Gasteiger partial charge in [0.05, 0.1) is 0 Å². The predicted octanol–water partition coefficient (Wildman–Crippen LogP) is 1.42. The molecular formula is C9H21N3O. The molecular weight excluding hydrogens is 166 g/mol. The molecule has 4 nitrogen and oxygen atoms in total. The molecule has 2 amide bonds. The van der Waals surface area contributed by atoms with Crippen molar-refractivity contribution in [2.24, 2.45) is 5.73 Å². The van der Waals surface area contributed by atoms with Crippen LogP contribution in [0.15, 0.2) is 0 Å². The van der Waals surface area contributed by atoms with Gasteiger partial charge in [-0.05, 0) is 6.42 Å². The highest BCUT2D eigenvalue weighted by molar-refractivity contribution is 5.71. The first-order valence-corrected chi connectivity index (χ1v) is 4.83. The van der Waals surface area contributed by atoms with E-state index in [0.29, 0.717) is 0 Å². The number of hydrogen-bond donors (Lipinski definition) is 1. The maximum Gasteiger partial charge on any atom is 0.329 e. The summed E-state index contributed by atoms with van der Waals surface area (Å²) in [4.78, 5) is 10.9. The first kappa shape index (κ1) is 12.2. The quantitative estimate of drug-likeness (QED) is 0.505. The molecule has 0 aromatic rings. The number of rotatable bonds is 6. The zero-order chi connectivity index (χ0) is 10.3. The second-order valence-electron chi connectivity index (χ2n) is 3.37. The summed E-state index contributed by atoms with van der Waals surface area (Å²) in [7, 11) is 3.65. The van der Waals surface area contributed by atoms with Gasteiger partial charge in [-0.3, -0.25) is 5.01 Å². The first-order chi connectivity index (χ1) is 6.09. The summed E-state index contributed by atoms with van der Waals surface area (Å²) < 4.78 is 0. The van der Waals surface area contributed by atoms with Crippen molar-refractivity contribution >= 4 is 6.03 Å². The van der Waals surface area contributed by atoms with E-state index in [9.17, 15) is 4.79 Å². The normalized spacial score (nSPS) is 10.5. The van der Waals surface area contributed by atoms with E-state index in [0.717, 1.165) is 19.4 Å². The summed E-state index contributed by atoms with van der Waals surface area (Å²) >= 11 is 0. The van der Waals surface area contributed by atoms with Crippen LogP contribution in [0.5, 0.6) is 0 Å². The van der Waals surface area contributed by atoms with Gasteiger partial charge in [0.15, 0.2) is 0 Å². The average molecular weight is 187 g/mol. The minimum Gasteiger partial charge on any atom is -0.350 e. The molecule has 78 valence electrons. The maximum absolute atomic E-state index is 10.9. The molecule has 0 aromatic carbocycles. The Kier molecular flexibility index (Phi) is 6.32. The van der Waals surface area contributed by atoms with Crippen molar-refractivity contribution < 1.29 is 4.79 Å². The van der Waals surface area contributed by atoms with Crippen LogP contribution in [0.3, 0.4) is 0 Å². The zero-order valence-electron chi connectivity index (χ0n) is 8.92. The third-order valence-corrected chi connectivity index (χ3v) is 1.96. The topological polar surface area (TPSA) is 49.6 Å². The number of hydrazine groups is 1. The molecule has 0 atom stereocenters. The standard InChI is InChI=1S/C9H21N3O/c1-4-5-6-7-8-12(9(10)13)11(2)3/h4-8H2,1-3H3,(H2,10,13). The van der Waals surface area contributed by atoms with E-state index >= 15 is 0 Å². The summed E-state index contributed by atoms with van der Waals surface area (Å²) in [5.41, 5.74) is 5.20. The lowest BCUT2D eigenvalue weighted by atomic mass is 10.2. The number of hydrogen-bond acceptors (Lipinski definition) is 2. The van der Waals surface area contributed by atoms with E-state index in [1.165, 1.54) is 12.8 Å². The Morgan fingerprint density at radius 2 is 1.85 bits per heavy atom. The highest BCUT2D eigenvalue weighted by Crippen LogP contribution is 2.01. The zero-order valence-corrected chi connectivity index (χ0v) is 8.92. The molecule has 0 spiro atoms. The molecule has 13 heavy (non-hydrogen) atoms. The van der Waals surface area contributed by atoms with Crippen LogP contribution in [0.25, 0.3) is 0 Å². The van der Waals surface area contributed by atoms with Crippen molar-refractivity contribution in [1.82, 2.24) is 10.0 Å². The van der Waals surface area contributed by atoms with Gasteiger partial charge >= 0.3 is 6.03 Å². The van der Waals surface area contributed by atoms with E-state index in [-0.39, 0.29) is 6.03 Å². The molecule has 4 heteroatoms. The summed E-state index contributed by atoms with van der Waals surface area (Å²) in [5, 5.41) is 3.28. The van der Waals surface area contributed by atoms with Crippen molar-refractivity contribution in [2.45, 2.75) is 32.6 Å². The molecule has 0 rings (SSSR count). The SMILES string of the molecule is CCCCCCN(C(N)=O)N(C)C. The van der Waals surface area contributed by atoms with Crippen LogP contribution in [-0.2, 0) is 0 Å². The van der Waals surface area contributed by atoms with Crippen LogP contribution in [0.1, 0.15) is 32.6 Å². The van der Waals surface area contributed by atoms with Crippen LogP contribution in [0, 0.1) is 0 Å². The summed E-state index contributed by atoms with van der Waals surface area (Å²) in [6, 6.07) is -0.374. The van der Waals surface area contributed by atoms with Gasteiger partial charge in [0, 0.05) is 20.6 Å². The number of nitrogens with zero attached hydrogens (tertiary/aromatic N) is 2. The predicted molar refractivity (Wildman–Crippen MR) is 54.1 cm³/mol. The molecule has 0 radical (unpaired) electrons. The highest BCUT2D eigenvalue weighted by atomic mass is 16.2. The Morgan fingerprint density at radius 1 is 1.23 bits per heavy atom. The molecule has 0 aliphatic heterocycles. The van der Waals surface area contributed by atoms with Crippen LogP contribution < -0.4 is 5.73 Å². The fourth-order valence-electron chi connectivity index (χ4n) is 1.20. The smallest absolute Gasteiger partial charge is 0.329 e. The number of carbonyl (C=O) groups excluding carboxylic acids is 1. The van der Waals surface area contributed by atoms with Gasteiger partial charge in [-0.15, -0.1) is 0 Å². The minimum absolute atomic E-state index is 0.374. The summed E-state index contributed by atoms with van der Waals surface area (Å²) in [5.74, 6) is 0. The molecule has 0 aliphatic rings. The van der Waals surface area contributed by atoms with Crippen LogP contribution in [-0.4, -0.2) is 36.7 Å². The number of nitrogens with two attached hydrogens (primary N) is 1. The van der Waals surface area contributed by atoms with Gasteiger partial charge in [0.25, 0.3) is 0 Å². The lowest BCUT2D eigenvalue weighted by Gasteiger charge is -2.26. The third kappa shape index (κ3) is 5.47. The largest absolute Gasteiger partial charge is 0.350 e. The van der Waals surface area contributed by atoms with E-state index in [1.54, 1.807) is 10.0 Å². The van der Waals surface area contributed by atoms with Gasteiger partial charge in [-0.2, -0.15) is 0 Å². The molecule has 0 saturated carbocycles. The van der Waals surface area contributed by atoms with Crippen molar-refractivity contribution in [2.75, 3.05) is 20.6 Å². The van der Waals surface area contributed by atoms with E-state index in [4.69, 9.17) is 5.73 Å². The van der Waals surface area contributed by atoms with Crippen molar-refractivity contribution in [3.63, 3.8) is 0 Å². The number of carbonyl (C=O) groups is 1. The molecule has 2 N–H and O–H groups in total. The minimum atomic E-state index is -0.374. The van der Waals surface area contributed by atoms with E-state index in [2.05, 4.69) is 6.92 Å². The Hall–Kier alpha value is -0.770. The lowest BCUT2D eigenvalue weighted by molar-refractivity contribution is 0.0667. The Bertz CT molecular complexity index is 148. The van der Waals surface area contributed by atoms with E-state index in [1.807, 2.05) is 14.1 Å². The lowest BCUT2D eigenvalue weighted by Crippen LogP contribution is -2.45. The second kappa shape index (κ2) is 6.71. The fourth-order valence-corrected chi connectivity index (χ4v) is 1.20. The Morgan fingerprint density at radius 3 is 2.23 bits per heavy atom. The second-order valence-corrected chi connectivity index (χ2v) is 3.37. The molecule has 0 bridgehead atoms. The van der Waals surface area contributed by atoms with Crippen LogP contribution >= 0.6 is 0 Å². The number of urea groups is 1. The molecule has 0 saturated heterocycles. The monoisotopic (exact) mass is 187 g/mol. The molecule has 0 unspecified atom stereocenters. The van der Waals surface area contributed by atoms with Crippen molar-refractivity contribution in [3.05, 3.63) is 0 Å². The van der Waals surface area contributed by atoms with Crippen molar-refractivity contribution in [3.8, 4) is 0 Å². The third-order valence-electron chi connectivity index (χ3n) is 1.96. The molecule has 0 fully saturated rings. The fraction of sp³-hybridized carbons (Fsp3) is 0.889. The number of primary amides is 1. The van der Waals surface area contributed by atoms with Crippen LogP contribution in [0.2, 0.25) is 0 Å². The summed E-state index contributed by atoms with van der Waals surface area (Å²) in [6.45, 7) is 2.89. The maximum atomic E-state index is 10.9. The van der Waals surface area contributed by atoms with Gasteiger partial charge in [-0.25, -0.2) is 9.80 Å². The highest BCUT2D eigenvalue weighted by Gasteiger charge is 2.10. The van der Waals surface area contributed by atoms with Gasteiger partial charge in [0.2, 0.25) is 0 Å². The first-order valence-electron chi connectivity index (χ1n) is 4.83. The Balaban J connectivity index is 3.64. The van der Waals surface area contributed by atoms with Crippen LogP contribution in [0.4, 0.5) is 4.79 Å². The molecule has 0 heterocycles. The van der Waals surface area contributed by atoms with Crippen molar-refractivity contribution in [1.29, 1.82) is 0 Å². The average Bonchev–Trinajstić information content (AvgIpc) is 2.02. The Labute approximate surface area is 80.7 Å². The summed E-state index contributed by atoms with van der Waals surface area (Å²) in [6.07, 6.45) is 4.61. The van der Waals surface area contributed by atoms with E-state index < -0.39 is 0 Å². The van der Waals surface area contributed by atoms with Gasteiger partial charge in [0.1, 0.15) is 0 Å². The number of unbranched alkanes of at least 4 members (excludes halogenated alkanes) is 3. The molecule has 0 aromatic heterocycles. The van der Waals surface area contributed by atoms with Gasteiger partial charge < -0.3 is 5.73 Å². The molecule has 0 aliphatic carbocycles. The number of amides is 2. The van der Waals surface area contributed by atoms with Gasteiger partial charge in [-0.1, -0.05) is 26.2 Å².